The van der Waals surface area contributed by atoms with Gasteiger partial charge in [0.1, 0.15) is 11.4 Å². The quantitative estimate of drug-likeness (QED) is 0.275. The first-order valence-electron chi connectivity index (χ1n) is 11.9. The second-order valence-corrected chi connectivity index (χ2v) is 9.45. The zero-order valence-electron chi connectivity index (χ0n) is 20.8. The van der Waals surface area contributed by atoms with Gasteiger partial charge in [-0.05, 0) is 44.0 Å². The molecular formula is C25H34ClN5O5. The van der Waals surface area contributed by atoms with Crippen molar-refractivity contribution in [1.82, 2.24) is 20.5 Å². The molecule has 10 nitrogen and oxygen atoms in total. The summed E-state index contributed by atoms with van der Waals surface area (Å²) in [5.74, 6) is -0.803. The molecule has 1 amide bonds. The zero-order chi connectivity index (χ0) is 26.2. The Hall–Kier alpha value is -2.92. The number of halogens is 1. The van der Waals surface area contributed by atoms with Crippen LogP contribution in [0.15, 0.2) is 35.1 Å². The van der Waals surface area contributed by atoms with Crippen LogP contribution in [0, 0.1) is 0 Å². The lowest BCUT2D eigenvalue weighted by atomic mass is 10.0. The number of ether oxygens (including phenoxy) is 2. The Labute approximate surface area is 215 Å². The molecule has 1 aromatic heterocycles. The highest BCUT2D eigenvalue weighted by molar-refractivity contribution is 6.33. The first-order chi connectivity index (χ1) is 17.2. The number of methoxy groups -OCH3 is 1. The van der Waals surface area contributed by atoms with E-state index >= 15 is 0 Å². The second-order valence-electron chi connectivity index (χ2n) is 9.04. The number of nitrogen functional groups attached to an aromatic ring is 1. The minimum atomic E-state index is -0.586. The van der Waals surface area contributed by atoms with E-state index in [4.69, 9.17) is 26.8 Å². The van der Waals surface area contributed by atoms with Crippen molar-refractivity contribution in [2.75, 3.05) is 39.0 Å². The van der Waals surface area contributed by atoms with Crippen LogP contribution in [0.2, 0.25) is 5.02 Å². The molecule has 1 aromatic carbocycles. The number of nitrogens with two attached hydrogens (primary N) is 1. The van der Waals surface area contributed by atoms with Gasteiger partial charge in [0.2, 0.25) is 0 Å². The standard InChI is InChI=1S/C25H34ClN5O5/c1-15(2)36-25(34)17-6-4-16(5-7-17)13-28-9-11-31-10-8-20(21(14-31)35-3)29-23(32)18-12-19(26)22(27)30-24(18)33/h4-7,12,15,20-21,28H,8-11,13-14H2,1-3H3,(H,29,32)(H3,27,30,33)/t20-,21+/m0/s1. The molecule has 11 heteroatoms. The van der Waals surface area contributed by atoms with Crippen LogP contribution >= 0.6 is 11.6 Å². The van der Waals surface area contributed by atoms with E-state index in [2.05, 4.69) is 20.5 Å². The van der Waals surface area contributed by atoms with Crippen LogP contribution in [0.3, 0.4) is 0 Å². The number of aromatic nitrogens is 1. The maximum absolute atomic E-state index is 12.7. The molecule has 196 valence electrons. The summed E-state index contributed by atoms with van der Waals surface area (Å²) < 4.78 is 10.8. The minimum Gasteiger partial charge on any atom is -0.459 e. The van der Waals surface area contributed by atoms with Gasteiger partial charge in [-0.3, -0.25) is 14.5 Å². The van der Waals surface area contributed by atoms with E-state index in [1.807, 2.05) is 26.0 Å². The minimum absolute atomic E-state index is 0.0262. The highest BCUT2D eigenvalue weighted by Crippen LogP contribution is 2.17. The molecular weight excluding hydrogens is 486 g/mol. The summed E-state index contributed by atoms with van der Waals surface area (Å²) in [5.41, 5.74) is 6.52. The van der Waals surface area contributed by atoms with Gasteiger partial charge in [-0.2, -0.15) is 0 Å². The van der Waals surface area contributed by atoms with Crippen LogP contribution in [0.25, 0.3) is 0 Å². The van der Waals surface area contributed by atoms with Crippen molar-refractivity contribution >= 4 is 29.3 Å². The Morgan fingerprint density at radius 1 is 1.28 bits per heavy atom. The maximum atomic E-state index is 12.7. The van der Waals surface area contributed by atoms with Crippen LogP contribution in [0.5, 0.6) is 0 Å². The topological polar surface area (TPSA) is 139 Å². The number of nitrogens with zero attached hydrogens (tertiary/aromatic N) is 1. The fraction of sp³-hybridized carbons (Fsp3) is 0.480. The number of pyridine rings is 1. The number of esters is 1. The summed E-state index contributed by atoms with van der Waals surface area (Å²) in [6.07, 6.45) is 0.313. The van der Waals surface area contributed by atoms with E-state index < -0.39 is 11.5 Å². The third kappa shape index (κ3) is 7.54. The van der Waals surface area contributed by atoms with Crippen molar-refractivity contribution in [2.45, 2.75) is 45.1 Å². The summed E-state index contributed by atoms with van der Waals surface area (Å²) in [4.78, 5) is 41.3. The molecule has 0 radical (unpaired) electrons. The highest BCUT2D eigenvalue weighted by atomic mass is 35.5. The van der Waals surface area contributed by atoms with Crippen LogP contribution < -0.4 is 21.9 Å². The number of carbonyl (C=O) groups is 2. The maximum Gasteiger partial charge on any atom is 0.338 e. The lowest BCUT2D eigenvalue weighted by Crippen LogP contribution is -2.55. The largest absolute Gasteiger partial charge is 0.459 e. The Balaban J connectivity index is 1.43. The predicted octanol–water partition coefficient (Wildman–Crippen LogP) is 1.78. The van der Waals surface area contributed by atoms with E-state index in [1.54, 1.807) is 19.2 Å². The molecule has 5 N–H and O–H groups in total. The Morgan fingerprint density at radius 2 is 2.00 bits per heavy atom. The number of piperidine rings is 1. The van der Waals surface area contributed by atoms with E-state index in [1.165, 1.54) is 6.07 Å². The number of anilines is 1. The fourth-order valence-electron chi connectivity index (χ4n) is 4.03. The number of aromatic amines is 1. The molecule has 1 fully saturated rings. The zero-order valence-corrected chi connectivity index (χ0v) is 21.6. The molecule has 0 spiro atoms. The number of carbonyl (C=O) groups excluding carboxylic acids is 2. The number of nitrogens with one attached hydrogen (secondary N) is 3. The summed E-state index contributed by atoms with van der Waals surface area (Å²) in [6.45, 7) is 7.33. The third-order valence-electron chi connectivity index (χ3n) is 5.99. The summed E-state index contributed by atoms with van der Waals surface area (Å²) in [6, 6.07) is 8.42. The van der Waals surface area contributed by atoms with Crippen molar-refractivity contribution in [3.63, 3.8) is 0 Å². The monoisotopic (exact) mass is 519 g/mol. The first kappa shape index (κ1) is 27.7. The van der Waals surface area contributed by atoms with Gasteiger partial charge in [0.25, 0.3) is 11.5 Å². The smallest absolute Gasteiger partial charge is 0.338 e. The molecule has 36 heavy (non-hydrogen) atoms. The number of amides is 1. The van der Waals surface area contributed by atoms with Gasteiger partial charge < -0.3 is 30.8 Å². The van der Waals surface area contributed by atoms with Crippen molar-refractivity contribution in [1.29, 1.82) is 0 Å². The molecule has 0 unspecified atom stereocenters. The lowest BCUT2D eigenvalue weighted by Gasteiger charge is -2.38. The summed E-state index contributed by atoms with van der Waals surface area (Å²) >= 11 is 5.95. The number of hydrogen-bond acceptors (Lipinski definition) is 8. The Morgan fingerprint density at radius 3 is 2.67 bits per heavy atom. The van der Waals surface area contributed by atoms with Gasteiger partial charge in [-0.25, -0.2) is 4.79 Å². The number of hydrogen-bond donors (Lipinski definition) is 4. The number of H-pyrrole nitrogens is 1. The van der Waals surface area contributed by atoms with Crippen LogP contribution in [0.1, 0.15) is 46.5 Å². The van der Waals surface area contributed by atoms with Gasteiger partial charge in [0.15, 0.2) is 0 Å². The van der Waals surface area contributed by atoms with E-state index in [0.29, 0.717) is 25.1 Å². The van der Waals surface area contributed by atoms with Crippen LogP contribution in [-0.4, -0.2) is 73.3 Å². The molecule has 2 heterocycles. The molecule has 0 saturated carbocycles. The van der Waals surface area contributed by atoms with E-state index in [0.717, 1.165) is 25.2 Å². The predicted molar refractivity (Wildman–Crippen MR) is 138 cm³/mol. The Kier molecular flexibility index (Phi) is 9.89. The number of rotatable bonds is 10. The van der Waals surface area contributed by atoms with Crippen LogP contribution in [0.4, 0.5) is 5.82 Å². The van der Waals surface area contributed by atoms with Gasteiger partial charge >= 0.3 is 5.97 Å². The van der Waals surface area contributed by atoms with Crippen molar-refractivity contribution in [3.8, 4) is 0 Å². The molecule has 0 aliphatic carbocycles. The fourth-order valence-corrected chi connectivity index (χ4v) is 4.19. The molecule has 1 aliphatic heterocycles. The molecule has 1 aliphatic rings. The molecule has 2 atom stereocenters. The van der Waals surface area contributed by atoms with E-state index in [-0.39, 0.29) is 40.6 Å². The Bertz CT molecular complexity index is 1110. The average molecular weight is 520 g/mol. The normalized spacial score (nSPS) is 18.2. The number of likely N-dealkylation sites (tertiary alicyclic amines) is 1. The van der Waals surface area contributed by atoms with Crippen molar-refractivity contribution in [3.05, 3.63) is 62.4 Å². The molecule has 2 aromatic rings. The van der Waals surface area contributed by atoms with Crippen molar-refractivity contribution < 1.29 is 19.1 Å². The highest BCUT2D eigenvalue weighted by Gasteiger charge is 2.31. The van der Waals surface area contributed by atoms with Crippen LogP contribution in [-0.2, 0) is 16.0 Å². The van der Waals surface area contributed by atoms with Gasteiger partial charge in [0.05, 0.1) is 28.8 Å². The SMILES string of the molecule is CO[C@@H]1CN(CCNCc2ccc(C(=O)OC(C)C)cc2)CC[C@@H]1NC(=O)c1cc(Cl)c(N)[nH]c1=O. The number of benzene rings is 1. The molecule has 1 saturated heterocycles. The molecule has 3 rings (SSSR count). The van der Waals surface area contributed by atoms with Gasteiger partial charge in [-0.1, -0.05) is 23.7 Å². The van der Waals surface area contributed by atoms with Gasteiger partial charge in [-0.15, -0.1) is 0 Å². The van der Waals surface area contributed by atoms with E-state index in [9.17, 15) is 14.4 Å². The second kappa shape index (κ2) is 12.9. The summed E-state index contributed by atoms with van der Waals surface area (Å²) in [7, 11) is 1.61. The summed E-state index contributed by atoms with van der Waals surface area (Å²) in [5, 5.41) is 6.43. The first-order valence-corrected chi connectivity index (χ1v) is 12.3. The lowest BCUT2D eigenvalue weighted by molar-refractivity contribution is 0.00678. The van der Waals surface area contributed by atoms with Gasteiger partial charge in [0, 0.05) is 39.8 Å². The van der Waals surface area contributed by atoms with Crippen molar-refractivity contribution in [2.24, 2.45) is 0 Å². The third-order valence-corrected chi connectivity index (χ3v) is 6.31. The molecule has 0 bridgehead atoms. The average Bonchev–Trinajstić information content (AvgIpc) is 2.84.